The predicted octanol–water partition coefficient (Wildman–Crippen LogP) is 2.61. The maximum atomic E-state index is 5.97. The van der Waals surface area contributed by atoms with Gasteiger partial charge in [0.05, 0.1) is 13.2 Å². The van der Waals surface area contributed by atoms with Crippen molar-refractivity contribution in [3.63, 3.8) is 0 Å². The molecule has 1 aromatic carbocycles. The molecule has 0 aliphatic carbocycles. The van der Waals surface area contributed by atoms with Gasteiger partial charge >= 0.3 is 0 Å². The van der Waals surface area contributed by atoms with Crippen LogP contribution in [0.25, 0.3) is 0 Å². The van der Waals surface area contributed by atoms with E-state index in [9.17, 15) is 0 Å². The summed E-state index contributed by atoms with van der Waals surface area (Å²) in [5.74, 6) is 1.76. The zero-order valence-corrected chi connectivity index (χ0v) is 12.4. The quantitative estimate of drug-likeness (QED) is 0.746. The van der Waals surface area contributed by atoms with E-state index >= 15 is 0 Å². The fourth-order valence-corrected chi connectivity index (χ4v) is 1.76. The summed E-state index contributed by atoms with van der Waals surface area (Å²) in [6, 6.07) is 5.91. The molecule has 0 heterocycles. The Morgan fingerprint density at radius 3 is 2.68 bits per heavy atom. The highest BCUT2D eigenvalue weighted by molar-refractivity contribution is 5.40. The molecule has 0 fully saturated rings. The van der Waals surface area contributed by atoms with Crippen molar-refractivity contribution in [2.75, 3.05) is 27.4 Å². The maximum absolute atomic E-state index is 5.97. The van der Waals surface area contributed by atoms with Gasteiger partial charge in [-0.15, -0.1) is 0 Å². The van der Waals surface area contributed by atoms with Crippen molar-refractivity contribution in [2.24, 2.45) is 0 Å². The molecule has 0 saturated carbocycles. The number of hydrogen-bond acceptors (Lipinski definition) is 4. The van der Waals surface area contributed by atoms with Crippen molar-refractivity contribution < 1.29 is 14.2 Å². The monoisotopic (exact) mass is 267 g/mol. The third-order valence-electron chi connectivity index (χ3n) is 2.89. The number of hydrogen-bond donors (Lipinski definition) is 1. The minimum absolute atomic E-state index is 0.133. The molecule has 0 aliphatic heterocycles. The lowest BCUT2D eigenvalue weighted by atomic mass is 10.1. The van der Waals surface area contributed by atoms with Crippen molar-refractivity contribution in [2.45, 2.75) is 32.9 Å². The Hall–Kier alpha value is -1.26. The largest absolute Gasteiger partial charge is 0.497 e. The molecule has 0 aliphatic rings. The van der Waals surface area contributed by atoms with Gasteiger partial charge in [-0.05, 0) is 31.7 Å². The van der Waals surface area contributed by atoms with Crippen molar-refractivity contribution >= 4 is 0 Å². The first-order valence-corrected chi connectivity index (χ1v) is 6.74. The van der Waals surface area contributed by atoms with Crippen LogP contribution in [0.5, 0.6) is 11.5 Å². The van der Waals surface area contributed by atoms with Crippen LogP contribution < -0.4 is 14.8 Å². The molecular formula is C15H25NO3. The fraction of sp³-hybridized carbons (Fsp3) is 0.600. The second-order valence-electron chi connectivity index (χ2n) is 4.46. The van der Waals surface area contributed by atoms with Gasteiger partial charge in [0.2, 0.25) is 0 Å². The van der Waals surface area contributed by atoms with E-state index in [-0.39, 0.29) is 6.10 Å². The SMILES string of the molecule is CCNCc1cc(OC)ccc1OC(C)CCOC. The van der Waals surface area contributed by atoms with Gasteiger partial charge in [0.1, 0.15) is 11.5 Å². The summed E-state index contributed by atoms with van der Waals surface area (Å²) in [5, 5.41) is 3.31. The molecule has 0 spiro atoms. The highest BCUT2D eigenvalue weighted by Crippen LogP contribution is 2.25. The molecule has 1 unspecified atom stereocenters. The van der Waals surface area contributed by atoms with Gasteiger partial charge in [-0.25, -0.2) is 0 Å². The van der Waals surface area contributed by atoms with E-state index < -0.39 is 0 Å². The summed E-state index contributed by atoms with van der Waals surface area (Å²) in [5.41, 5.74) is 1.12. The van der Waals surface area contributed by atoms with Gasteiger partial charge in [-0.3, -0.25) is 0 Å². The molecule has 19 heavy (non-hydrogen) atoms. The van der Waals surface area contributed by atoms with Gasteiger partial charge < -0.3 is 19.5 Å². The zero-order chi connectivity index (χ0) is 14.1. The molecule has 4 nitrogen and oxygen atoms in total. The normalized spacial score (nSPS) is 12.2. The zero-order valence-electron chi connectivity index (χ0n) is 12.4. The summed E-state index contributed by atoms with van der Waals surface area (Å²) < 4.78 is 16.3. The third kappa shape index (κ3) is 5.49. The van der Waals surface area contributed by atoms with Gasteiger partial charge in [-0.2, -0.15) is 0 Å². The Morgan fingerprint density at radius 1 is 1.26 bits per heavy atom. The molecule has 1 rings (SSSR count). The molecular weight excluding hydrogens is 242 g/mol. The van der Waals surface area contributed by atoms with E-state index in [2.05, 4.69) is 19.2 Å². The predicted molar refractivity (Wildman–Crippen MR) is 77.0 cm³/mol. The Morgan fingerprint density at radius 2 is 2.05 bits per heavy atom. The minimum atomic E-state index is 0.133. The third-order valence-corrected chi connectivity index (χ3v) is 2.89. The maximum Gasteiger partial charge on any atom is 0.124 e. The van der Waals surface area contributed by atoms with Gasteiger partial charge in [0, 0.05) is 32.2 Å². The summed E-state index contributed by atoms with van der Waals surface area (Å²) in [6.07, 6.45) is 1.01. The van der Waals surface area contributed by atoms with Gasteiger partial charge in [0.25, 0.3) is 0 Å². The van der Waals surface area contributed by atoms with Crippen LogP contribution in [0, 0.1) is 0 Å². The topological polar surface area (TPSA) is 39.7 Å². The Kier molecular flexibility index (Phi) is 7.30. The molecule has 4 heteroatoms. The summed E-state index contributed by atoms with van der Waals surface area (Å²) >= 11 is 0. The first kappa shape index (κ1) is 15.8. The van der Waals surface area contributed by atoms with Crippen LogP contribution in [0.1, 0.15) is 25.8 Å². The molecule has 0 radical (unpaired) electrons. The van der Waals surface area contributed by atoms with Crippen LogP contribution in [-0.4, -0.2) is 33.5 Å². The van der Waals surface area contributed by atoms with Crippen LogP contribution in [0.15, 0.2) is 18.2 Å². The molecule has 108 valence electrons. The lowest BCUT2D eigenvalue weighted by molar-refractivity contribution is 0.134. The molecule has 1 aromatic rings. The second kappa shape index (κ2) is 8.77. The summed E-state index contributed by atoms with van der Waals surface area (Å²) in [7, 11) is 3.38. The van der Waals surface area contributed by atoms with Crippen LogP contribution in [0.4, 0.5) is 0 Å². The standard InChI is InChI=1S/C15H25NO3/c1-5-16-11-13-10-14(18-4)6-7-15(13)19-12(2)8-9-17-3/h6-7,10,12,16H,5,8-9,11H2,1-4H3. The average molecular weight is 267 g/mol. The number of nitrogens with one attached hydrogen (secondary N) is 1. The van der Waals surface area contributed by atoms with E-state index in [1.807, 2.05) is 18.2 Å². The molecule has 1 N–H and O–H groups in total. The van der Waals surface area contributed by atoms with Gasteiger partial charge in [-0.1, -0.05) is 6.92 Å². The smallest absolute Gasteiger partial charge is 0.124 e. The Labute approximate surface area is 116 Å². The van der Waals surface area contributed by atoms with Gasteiger partial charge in [0.15, 0.2) is 0 Å². The molecule has 0 bridgehead atoms. The van der Waals surface area contributed by atoms with Crippen LogP contribution in [0.3, 0.4) is 0 Å². The Balaban J connectivity index is 2.73. The number of ether oxygens (including phenoxy) is 3. The highest BCUT2D eigenvalue weighted by Gasteiger charge is 2.09. The molecule has 0 saturated heterocycles. The lowest BCUT2D eigenvalue weighted by Crippen LogP contribution is -2.17. The van der Waals surface area contributed by atoms with E-state index in [1.165, 1.54) is 0 Å². The highest BCUT2D eigenvalue weighted by atomic mass is 16.5. The van der Waals surface area contributed by atoms with Crippen LogP contribution >= 0.6 is 0 Å². The molecule has 0 amide bonds. The van der Waals surface area contributed by atoms with Crippen molar-refractivity contribution in [3.05, 3.63) is 23.8 Å². The van der Waals surface area contributed by atoms with E-state index in [1.54, 1.807) is 14.2 Å². The van der Waals surface area contributed by atoms with Crippen molar-refractivity contribution in [1.29, 1.82) is 0 Å². The van der Waals surface area contributed by atoms with E-state index in [0.29, 0.717) is 6.61 Å². The lowest BCUT2D eigenvalue weighted by Gasteiger charge is -2.18. The summed E-state index contributed by atoms with van der Waals surface area (Å²) in [4.78, 5) is 0. The van der Waals surface area contributed by atoms with Crippen LogP contribution in [0.2, 0.25) is 0 Å². The van der Waals surface area contributed by atoms with Crippen molar-refractivity contribution in [1.82, 2.24) is 5.32 Å². The first-order valence-electron chi connectivity index (χ1n) is 6.74. The van der Waals surface area contributed by atoms with Crippen molar-refractivity contribution in [3.8, 4) is 11.5 Å². The average Bonchev–Trinajstić information content (AvgIpc) is 2.44. The fourth-order valence-electron chi connectivity index (χ4n) is 1.76. The molecule has 1 atom stereocenters. The Bertz CT molecular complexity index is 368. The van der Waals surface area contributed by atoms with Crippen LogP contribution in [-0.2, 0) is 11.3 Å². The number of rotatable bonds is 9. The second-order valence-corrected chi connectivity index (χ2v) is 4.46. The minimum Gasteiger partial charge on any atom is -0.497 e. The number of benzene rings is 1. The molecule has 0 aromatic heterocycles. The summed E-state index contributed by atoms with van der Waals surface area (Å²) in [6.45, 7) is 6.55. The van der Waals surface area contributed by atoms with E-state index in [4.69, 9.17) is 14.2 Å². The first-order chi connectivity index (χ1) is 9.21. The number of methoxy groups -OCH3 is 2. The van der Waals surface area contributed by atoms with E-state index in [0.717, 1.165) is 36.6 Å².